The van der Waals surface area contributed by atoms with Crippen molar-refractivity contribution in [2.75, 3.05) is 25.1 Å². The van der Waals surface area contributed by atoms with Crippen molar-refractivity contribution in [1.82, 2.24) is 5.32 Å². The summed E-state index contributed by atoms with van der Waals surface area (Å²) in [5, 5.41) is 6.57. The summed E-state index contributed by atoms with van der Waals surface area (Å²) in [4.78, 5) is 12.3. The number of rotatable bonds is 3. The lowest BCUT2D eigenvalue weighted by molar-refractivity contribution is -0.124. The van der Waals surface area contributed by atoms with Crippen LogP contribution in [0.3, 0.4) is 0 Å². The molecule has 2 N–H and O–H groups in total. The van der Waals surface area contributed by atoms with Gasteiger partial charge >= 0.3 is 0 Å². The van der Waals surface area contributed by atoms with Crippen LogP contribution in [-0.4, -0.2) is 31.2 Å². The second kappa shape index (κ2) is 5.44. The summed E-state index contributed by atoms with van der Waals surface area (Å²) in [6.45, 7) is 4.45. The van der Waals surface area contributed by atoms with Crippen molar-refractivity contribution in [3.05, 3.63) is 29.8 Å². The van der Waals surface area contributed by atoms with Gasteiger partial charge in [-0.05, 0) is 31.4 Å². The molecule has 3 rings (SSSR count). The van der Waals surface area contributed by atoms with Crippen LogP contribution < -0.4 is 10.6 Å². The Morgan fingerprint density at radius 2 is 2.15 bits per heavy atom. The van der Waals surface area contributed by atoms with Gasteiger partial charge in [0.15, 0.2) is 0 Å². The van der Waals surface area contributed by atoms with Crippen molar-refractivity contribution in [2.24, 2.45) is 0 Å². The molecule has 4 nitrogen and oxygen atoms in total. The predicted octanol–water partition coefficient (Wildman–Crippen LogP) is 2.27. The van der Waals surface area contributed by atoms with E-state index in [1.165, 1.54) is 11.3 Å². The zero-order valence-corrected chi connectivity index (χ0v) is 11.9. The number of benzene rings is 1. The van der Waals surface area contributed by atoms with Crippen molar-refractivity contribution in [3.8, 4) is 0 Å². The Hall–Kier alpha value is -1.55. The van der Waals surface area contributed by atoms with Gasteiger partial charge in [0.1, 0.15) is 0 Å². The van der Waals surface area contributed by atoms with Gasteiger partial charge < -0.3 is 15.4 Å². The monoisotopic (exact) mass is 274 g/mol. The average Bonchev–Trinajstić information content (AvgIpc) is 2.82. The number of carbonyl (C=O) groups excluding carboxylic acids is 1. The summed E-state index contributed by atoms with van der Waals surface area (Å²) < 4.78 is 5.37. The Bertz CT molecular complexity index is 495. The number of ether oxygens (including phenoxy) is 1. The molecule has 2 aliphatic rings. The van der Waals surface area contributed by atoms with Crippen LogP contribution in [0.2, 0.25) is 0 Å². The van der Waals surface area contributed by atoms with Crippen LogP contribution in [0.1, 0.15) is 37.7 Å². The number of amides is 1. The molecule has 0 bridgehead atoms. The highest BCUT2D eigenvalue weighted by molar-refractivity contribution is 5.79. The third-order valence-electron chi connectivity index (χ3n) is 4.41. The smallest absolute Gasteiger partial charge is 0.221 e. The minimum absolute atomic E-state index is 0.0963. The minimum Gasteiger partial charge on any atom is -0.384 e. The summed E-state index contributed by atoms with van der Waals surface area (Å²) in [7, 11) is 0. The van der Waals surface area contributed by atoms with E-state index < -0.39 is 0 Å². The number of fused-ring (bicyclic) bond motifs is 1. The number of carbonyl (C=O) groups is 1. The molecule has 0 radical (unpaired) electrons. The van der Waals surface area contributed by atoms with Gasteiger partial charge in [-0.1, -0.05) is 18.2 Å². The quantitative estimate of drug-likeness (QED) is 0.889. The molecule has 0 aliphatic carbocycles. The second-order valence-corrected chi connectivity index (χ2v) is 6.09. The first-order valence-corrected chi connectivity index (χ1v) is 7.38. The number of nitrogens with one attached hydrogen (secondary N) is 2. The molecular formula is C16H22N2O2. The van der Waals surface area contributed by atoms with Gasteiger partial charge in [0.2, 0.25) is 5.91 Å². The molecule has 4 heteroatoms. The van der Waals surface area contributed by atoms with Crippen molar-refractivity contribution in [1.29, 1.82) is 0 Å². The molecule has 0 spiro atoms. The van der Waals surface area contributed by atoms with E-state index in [0.29, 0.717) is 6.42 Å². The van der Waals surface area contributed by atoms with Crippen LogP contribution >= 0.6 is 0 Å². The van der Waals surface area contributed by atoms with E-state index >= 15 is 0 Å². The lowest BCUT2D eigenvalue weighted by atomic mass is 9.91. The Morgan fingerprint density at radius 1 is 1.40 bits per heavy atom. The summed E-state index contributed by atoms with van der Waals surface area (Å²) in [5.74, 6) is 0.438. The maximum atomic E-state index is 12.3. The van der Waals surface area contributed by atoms with Gasteiger partial charge in [-0.3, -0.25) is 4.79 Å². The van der Waals surface area contributed by atoms with Crippen LogP contribution in [0.4, 0.5) is 5.69 Å². The molecule has 1 aromatic rings. The zero-order valence-electron chi connectivity index (χ0n) is 11.9. The van der Waals surface area contributed by atoms with E-state index in [4.69, 9.17) is 4.74 Å². The Morgan fingerprint density at radius 3 is 2.95 bits per heavy atom. The standard InChI is InChI=1S/C16H22N2O2/c1-16(6-8-20-9-7-16)18-15(19)10-12-11-17-14-5-3-2-4-13(12)14/h2-5,12,17H,6-11H2,1H3,(H,18,19). The van der Waals surface area contributed by atoms with Crippen LogP contribution in [-0.2, 0) is 9.53 Å². The number of hydrogen-bond donors (Lipinski definition) is 2. The van der Waals surface area contributed by atoms with Crippen LogP contribution in [0.5, 0.6) is 0 Å². The summed E-state index contributed by atoms with van der Waals surface area (Å²) >= 11 is 0. The highest BCUT2D eigenvalue weighted by Gasteiger charge is 2.31. The minimum atomic E-state index is -0.0963. The lowest BCUT2D eigenvalue weighted by Crippen LogP contribution is -2.49. The fraction of sp³-hybridized carbons (Fsp3) is 0.562. The van der Waals surface area contributed by atoms with E-state index in [1.807, 2.05) is 12.1 Å². The van der Waals surface area contributed by atoms with Gasteiger partial charge in [-0.15, -0.1) is 0 Å². The number of anilines is 1. The molecule has 1 fully saturated rings. The molecule has 1 unspecified atom stereocenters. The third-order valence-corrected chi connectivity index (χ3v) is 4.41. The first-order chi connectivity index (χ1) is 9.66. The van der Waals surface area contributed by atoms with E-state index in [0.717, 1.165) is 32.6 Å². The van der Waals surface area contributed by atoms with Crippen molar-refractivity contribution >= 4 is 11.6 Å². The molecule has 1 amide bonds. The SMILES string of the molecule is CC1(NC(=O)CC2CNc3ccccc32)CCOCC1. The maximum absolute atomic E-state index is 12.3. The van der Waals surface area contributed by atoms with Crippen molar-refractivity contribution in [3.63, 3.8) is 0 Å². The largest absolute Gasteiger partial charge is 0.384 e. The fourth-order valence-corrected chi connectivity index (χ4v) is 3.10. The molecule has 1 atom stereocenters. The molecule has 2 heterocycles. The van der Waals surface area contributed by atoms with Crippen LogP contribution in [0.15, 0.2) is 24.3 Å². The van der Waals surface area contributed by atoms with Gasteiger partial charge in [0.25, 0.3) is 0 Å². The van der Waals surface area contributed by atoms with Crippen molar-refractivity contribution < 1.29 is 9.53 Å². The van der Waals surface area contributed by atoms with Gasteiger partial charge in [-0.25, -0.2) is 0 Å². The van der Waals surface area contributed by atoms with E-state index in [2.05, 4.69) is 29.7 Å². The molecule has 1 aromatic carbocycles. The molecule has 1 saturated heterocycles. The topological polar surface area (TPSA) is 50.4 Å². The first kappa shape index (κ1) is 13.4. The Kier molecular flexibility index (Phi) is 3.66. The highest BCUT2D eigenvalue weighted by atomic mass is 16.5. The molecule has 2 aliphatic heterocycles. The lowest BCUT2D eigenvalue weighted by Gasteiger charge is -2.34. The summed E-state index contributed by atoms with van der Waals surface area (Å²) in [6, 6.07) is 8.25. The van der Waals surface area contributed by atoms with Crippen LogP contribution in [0, 0.1) is 0 Å². The first-order valence-electron chi connectivity index (χ1n) is 7.38. The normalized spacial score (nSPS) is 23.8. The van der Waals surface area contributed by atoms with E-state index in [1.54, 1.807) is 0 Å². The van der Waals surface area contributed by atoms with Gasteiger partial charge in [0, 0.05) is 43.3 Å². The zero-order chi connectivity index (χ0) is 14.0. The summed E-state index contributed by atoms with van der Waals surface area (Å²) in [5.41, 5.74) is 2.34. The maximum Gasteiger partial charge on any atom is 0.221 e. The molecule has 0 aromatic heterocycles. The van der Waals surface area contributed by atoms with Gasteiger partial charge in [-0.2, -0.15) is 0 Å². The fourth-order valence-electron chi connectivity index (χ4n) is 3.10. The van der Waals surface area contributed by atoms with E-state index in [9.17, 15) is 4.79 Å². The molecule has 20 heavy (non-hydrogen) atoms. The Labute approximate surface area is 119 Å². The third kappa shape index (κ3) is 2.80. The van der Waals surface area contributed by atoms with Gasteiger partial charge in [0.05, 0.1) is 0 Å². The second-order valence-electron chi connectivity index (χ2n) is 6.09. The van der Waals surface area contributed by atoms with Crippen LogP contribution in [0.25, 0.3) is 0 Å². The average molecular weight is 274 g/mol. The van der Waals surface area contributed by atoms with Crippen molar-refractivity contribution in [2.45, 2.75) is 37.6 Å². The number of hydrogen-bond acceptors (Lipinski definition) is 3. The number of para-hydroxylation sites is 1. The predicted molar refractivity (Wildman–Crippen MR) is 78.9 cm³/mol. The summed E-state index contributed by atoms with van der Waals surface area (Å²) in [6.07, 6.45) is 2.36. The highest BCUT2D eigenvalue weighted by Crippen LogP contribution is 2.33. The molecule has 108 valence electrons. The van der Waals surface area contributed by atoms with E-state index in [-0.39, 0.29) is 17.4 Å². The Balaban J connectivity index is 1.60. The molecule has 0 saturated carbocycles. The molecular weight excluding hydrogens is 252 g/mol.